The fraction of sp³-hybridized carbons (Fsp3) is 0.600. The minimum atomic E-state index is -0.0460. The summed E-state index contributed by atoms with van der Waals surface area (Å²) in [5, 5.41) is 2.06. The quantitative estimate of drug-likeness (QED) is 0.809. The van der Waals surface area contributed by atoms with Crippen LogP contribution in [0.25, 0.3) is 0 Å². The third kappa shape index (κ3) is 1.98. The van der Waals surface area contributed by atoms with Gasteiger partial charge in [0.05, 0.1) is 25.9 Å². The molecule has 1 fully saturated rings. The van der Waals surface area contributed by atoms with Gasteiger partial charge in [0.15, 0.2) is 0 Å². The van der Waals surface area contributed by atoms with E-state index in [-0.39, 0.29) is 12.1 Å². The van der Waals surface area contributed by atoms with Crippen LogP contribution >= 0.6 is 11.3 Å². The van der Waals surface area contributed by atoms with Crippen LogP contribution in [0.4, 0.5) is 0 Å². The average Bonchev–Trinajstić information content (AvgIpc) is 2.65. The van der Waals surface area contributed by atoms with Crippen LogP contribution in [-0.4, -0.2) is 25.9 Å². The molecule has 0 saturated carbocycles. The van der Waals surface area contributed by atoms with Crippen molar-refractivity contribution in [2.24, 2.45) is 5.73 Å². The number of aryl methyl sites for hydroxylation is 1. The molecular formula is C10H15NO2S. The van der Waals surface area contributed by atoms with Crippen LogP contribution in [0.5, 0.6) is 0 Å². The maximum absolute atomic E-state index is 6.12. The van der Waals surface area contributed by atoms with Gasteiger partial charge in [-0.05, 0) is 23.9 Å². The van der Waals surface area contributed by atoms with Crippen LogP contribution in [0.3, 0.4) is 0 Å². The molecule has 0 bridgehead atoms. The predicted molar refractivity (Wildman–Crippen MR) is 56.5 cm³/mol. The average molecular weight is 213 g/mol. The molecule has 3 nitrogen and oxygen atoms in total. The molecular weight excluding hydrogens is 198 g/mol. The normalized spacial score (nSPS) is 24.9. The highest BCUT2D eigenvalue weighted by Gasteiger charge is 2.25. The summed E-state index contributed by atoms with van der Waals surface area (Å²) in [6, 6.07) is 2.04. The molecule has 1 aromatic heterocycles. The molecule has 78 valence electrons. The van der Waals surface area contributed by atoms with Gasteiger partial charge in [-0.25, -0.2) is 0 Å². The van der Waals surface area contributed by atoms with Gasteiger partial charge in [-0.1, -0.05) is 0 Å². The molecule has 1 saturated heterocycles. The Morgan fingerprint density at radius 3 is 3.00 bits per heavy atom. The van der Waals surface area contributed by atoms with Crippen molar-refractivity contribution in [2.45, 2.75) is 19.1 Å². The predicted octanol–water partition coefficient (Wildman–Crippen LogP) is 1.47. The van der Waals surface area contributed by atoms with Crippen molar-refractivity contribution >= 4 is 11.3 Å². The summed E-state index contributed by atoms with van der Waals surface area (Å²) in [7, 11) is 0. The fourth-order valence-electron chi connectivity index (χ4n) is 1.61. The van der Waals surface area contributed by atoms with Crippen molar-refractivity contribution in [3.8, 4) is 0 Å². The lowest BCUT2D eigenvalue weighted by Gasteiger charge is -2.27. The minimum Gasteiger partial charge on any atom is -0.376 e. The van der Waals surface area contributed by atoms with E-state index in [0.717, 1.165) is 0 Å². The van der Waals surface area contributed by atoms with E-state index in [0.29, 0.717) is 19.8 Å². The summed E-state index contributed by atoms with van der Waals surface area (Å²) in [5.74, 6) is 0. The second kappa shape index (κ2) is 4.40. The third-order valence-electron chi connectivity index (χ3n) is 2.45. The Bertz CT molecular complexity index is 294. The Morgan fingerprint density at radius 2 is 2.43 bits per heavy atom. The summed E-state index contributed by atoms with van der Waals surface area (Å²) in [5.41, 5.74) is 7.37. The highest BCUT2D eigenvalue weighted by atomic mass is 32.1. The Hall–Kier alpha value is -0.420. The molecule has 4 heteroatoms. The summed E-state index contributed by atoms with van der Waals surface area (Å²) in [4.78, 5) is 1.21. The first-order valence-electron chi connectivity index (χ1n) is 4.78. The fourth-order valence-corrected chi connectivity index (χ4v) is 2.59. The molecule has 1 aromatic rings. The van der Waals surface area contributed by atoms with Crippen LogP contribution < -0.4 is 5.73 Å². The number of rotatable bonds is 2. The van der Waals surface area contributed by atoms with Crippen LogP contribution in [0, 0.1) is 6.92 Å². The van der Waals surface area contributed by atoms with E-state index < -0.39 is 0 Å². The van der Waals surface area contributed by atoms with Gasteiger partial charge in [0.1, 0.15) is 6.10 Å². The largest absolute Gasteiger partial charge is 0.376 e. The summed E-state index contributed by atoms with van der Waals surface area (Å²) >= 11 is 1.69. The Kier molecular flexibility index (Phi) is 3.18. The van der Waals surface area contributed by atoms with Gasteiger partial charge in [-0.3, -0.25) is 0 Å². The van der Waals surface area contributed by atoms with Gasteiger partial charge in [-0.2, -0.15) is 0 Å². The standard InChI is InChI=1S/C10H15NO2S/c1-7-2-5-14-10(7)9(11)8-6-12-3-4-13-8/h2,5,8-9H,3-4,6,11H2,1H3. The van der Waals surface area contributed by atoms with Gasteiger partial charge in [0.2, 0.25) is 0 Å². The third-order valence-corrected chi connectivity index (χ3v) is 3.57. The van der Waals surface area contributed by atoms with E-state index >= 15 is 0 Å². The first-order valence-corrected chi connectivity index (χ1v) is 5.66. The molecule has 1 aliphatic rings. The second-order valence-corrected chi connectivity index (χ2v) is 4.43. The van der Waals surface area contributed by atoms with Crippen LogP contribution in [-0.2, 0) is 9.47 Å². The molecule has 0 radical (unpaired) electrons. The Balaban J connectivity index is 2.07. The number of nitrogens with two attached hydrogens (primary N) is 1. The van der Waals surface area contributed by atoms with Gasteiger partial charge < -0.3 is 15.2 Å². The molecule has 2 heterocycles. The maximum Gasteiger partial charge on any atom is 0.101 e. The molecule has 14 heavy (non-hydrogen) atoms. The molecule has 0 aliphatic carbocycles. The first-order chi connectivity index (χ1) is 6.79. The second-order valence-electron chi connectivity index (χ2n) is 3.48. The van der Waals surface area contributed by atoms with E-state index in [2.05, 4.69) is 18.4 Å². The molecule has 1 aliphatic heterocycles. The van der Waals surface area contributed by atoms with E-state index in [1.165, 1.54) is 10.4 Å². The molecule has 2 atom stereocenters. The first kappa shape index (κ1) is 10.1. The topological polar surface area (TPSA) is 44.5 Å². The van der Waals surface area contributed by atoms with Crippen molar-refractivity contribution in [2.75, 3.05) is 19.8 Å². The van der Waals surface area contributed by atoms with E-state index in [1.807, 2.05) is 0 Å². The summed E-state index contributed by atoms with van der Waals surface area (Å²) in [6.45, 7) is 4.03. The van der Waals surface area contributed by atoms with E-state index in [1.54, 1.807) is 11.3 Å². The number of ether oxygens (including phenoxy) is 2. The monoisotopic (exact) mass is 213 g/mol. The van der Waals surface area contributed by atoms with Crippen molar-refractivity contribution in [1.29, 1.82) is 0 Å². The van der Waals surface area contributed by atoms with Crippen molar-refractivity contribution in [3.05, 3.63) is 21.9 Å². The molecule has 0 aromatic carbocycles. The summed E-state index contributed by atoms with van der Waals surface area (Å²) in [6.07, 6.45) is 0.0149. The van der Waals surface area contributed by atoms with Crippen molar-refractivity contribution < 1.29 is 9.47 Å². The SMILES string of the molecule is Cc1ccsc1C(N)C1COCCO1. The van der Waals surface area contributed by atoms with Crippen molar-refractivity contribution in [3.63, 3.8) is 0 Å². The Morgan fingerprint density at radius 1 is 1.57 bits per heavy atom. The van der Waals surface area contributed by atoms with E-state index in [4.69, 9.17) is 15.2 Å². The van der Waals surface area contributed by atoms with Crippen LogP contribution in [0.15, 0.2) is 11.4 Å². The van der Waals surface area contributed by atoms with Crippen LogP contribution in [0.2, 0.25) is 0 Å². The maximum atomic E-state index is 6.12. The molecule has 2 unspecified atom stereocenters. The lowest BCUT2D eigenvalue weighted by Crippen LogP contribution is -2.37. The van der Waals surface area contributed by atoms with Gasteiger partial charge in [-0.15, -0.1) is 11.3 Å². The lowest BCUT2D eigenvalue weighted by atomic mass is 10.1. The highest BCUT2D eigenvalue weighted by molar-refractivity contribution is 7.10. The van der Waals surface area contributed by atoms with Gasteiger partial charge in [0.25, 0.3) is 0 Å². The smallest absolute Gasteiger partial charge is 0.101 e. The number of hydrogen-bond acceptors (Lipinski definition) is 4. The molecule has 0 spiro atoms. The van der Waals surface area contributed by atoms with Crippen molar-refractivity contribution in [1.82, 2.24) is 0 Å². The molecule has 2 N–H and O–H groups in total. The van der Waals surface area contributed by atoms with Gasteiger partial charge >= 0.3 is 0 Å². The zero-order valence-corrected chi connectivity index (χ0v) is 9.05. The van der Waals surface area contributed by atoms with Gasteiger partial charge in [0, 0.05) is 4.88 Å². The zero-order chi connectivity index (χ0) is 9.97. The highest BCUT2D eigenvalue weighted by Crippen LogP contribution is 2.26. The van der Waals surface area contributed by atoms with Crippen LogP contribution in [0.1, 0.15) is 16.5 Å². The van der Waals surface area contributed by atoms with E-state index in [9.17, 15) is 0 Å². The number of hydrogen-bond donors (Lipinski definition) is 1. The Labute approximate surface area is 87.8 Å². The lowest BCUT2D eigenvalue weighted by molar-refractivity contribution is -0.0972. The summed E-state index contributed by atoms with van der Waals surface area (Å²) < 4.78 is 10.9. The minimum absolute atomic E-state index is 0.0149. The number of thiophene rings is 1. The molecule has 0 amide bonds. The zero-order valence-electron chi connectivity index (χ0n) is 8.23. The molecule has 2 rings (SSSR count).